The average molecular weight is 109 g/mol. The summed E-state index contributed by atoms with van der Waals surface area (Å²) in [5, 5.41) is 0. The van der Waals surface area contributed by atoms with Crippen molar-refractivity contribution in [1.29, 1.82) is 0 Å². The molecule has 38 valence electrons. The molecule has 0 saturated carbocycles. The van der Waals surface area contributed by atoms with E-state index < -0.39 is 0 Å². The van der Waals surface area contributed by atoms with Crippen LogP contribution in [0.3, 0.4) is 0 Å². The van der Waals surface area contributed by atoms with Crippen LogP contribution in [-0.4, -0.2) is 4.98 Å². The fourth-order valence-electron chi connectivity index (χ4n) is 0.437. The number of aromatic nitrogens is 1. The molecule has 1 rings (SSSR count). The van der Waals surface area contributed by atoms with Crippen LogP contribution in [0.25, 0.3) is 0 Å². The van der Waals surface area contributed by atoms with Gasteiger partial charge in [0.25, 0.3) is 0 Å². The first-order valence-corrected chi connectivity index (χ1v) is 2.27. The van der Waals surface area contributed by atoms with Crippen LogP contribution in [0.15, 0.2) is 24.4 Å². The molecule has 0 aliphatic rings. The summed E-state index contributed by atoms with van der Waals surface area (Å²) >= 11 is 0. The van der Waals surface area contributed by atoms with E-state index in [-0.39, 0.29) is 18.9 Å². The van der Waals surface area contributed by atoms with Crippen molar-refractivity contribution in [2.75, 3.05) is 0 Å². The number of hydrogen-bond donors (Lipinski definition) is 0. The molecule has 0 N–H and O–H groups in total. The van der Waals surface area contributed by atoms with Crippen LogP contribution < -0.4 is 18.9 Å². The zero-order chi connectivity index (χ0) is 5.82. The molecule has 2 heteroatoms. The van der Waals surface area contributed by atoms with Crippen LogP contribution in [0.1, 0.15) is 5.69 Å². The largest absolute Gasteiger partial charge is 1.00 e. The van der Waals surface area contributed by atoms with Gasteiger partial charge >= 0.3 is 18.9 Å². The normalized spacial score (nSPS) is 7.00. The van der Waals surface area contributed by atoms with Crippen LogP contribution in [0, 0.1) is 12.3 Å². The van der Waals surface area contributed by atoms with Crippen molar-refractivity contribution in [2.24, 2.45) is 0 Å². The first-order chi connectivity index (χ1) is 3.93. The molecule has 0 bridgehead atoms. The molecule has 0 atom stereocenters. The van der Waals surface area contributed by atoms with Crippen molar-refractivity contribution in [1.82, 2.24) is 4.98 Å². The molecule has 0 aliphatic heterocycles. The Kier molecular flexibility index (Phi) is 3.89. The Morgan fingerprint density at radius 3 is 2.56 bits per heavy atom. The van der Waals surface area contributed by atoms with Gasteiger partial charge in [0, 0.05) is 6.20 Å². The van der Waals surface area contributed by atoms with E-state index in [1.165, 1.54) is 0 Å². The standard InChI is InChI=1S/C7H4N.Li/c1-2-7-5-3-4-6-8-7;/h3-6H;/q-1;+1. The summed E-state index contributed by atoms with van der Waals surface area (Å²) in [5.74, 6) is 2.17. The predicted molar refractivity (Wildman–Crippen MR) is 30.5 cm³/mol. The van der Waals surface area contributed by atoms with E-state index in [1.54, 1.807) is 18.3 Å². The maximum absolute atomic E-state index is 6.63. The van der Waals surface area contributed by atoms with Crippen LogP contribution in [0.4, 0.5) is 0 Å². The van der Waals surface area contributed by atoms with Crippen LogP contribution in [-0.2, 0) is 0 Å². The molecule has 0 fully saturated rings. The van der Waals surface area contributed by atoms with Crippen molar-refractivity contribution >= 4 is 0 Å². The van der Waals surface area contributed by atoms with Gasteiger partial charge in [0.15, 0.2) is 0 Å². The van der Waals surface area contributed by atoms with Gasteiger partial charge in [0.1, 0.15) is 0 Å². The van der Waals surface area contributed by atoms with Crippen molar-refractivity contribution in [3.05, 3.63) is 36.5 Å². The topological polar surface area (TPSA) is 12.9 Å². The predicted octanol–water partition coefficient (Wildman–Crippen LogP) is -1.98. The van der Waals surface area contributed by atoms with Gasteiger partial charge in [-0.3, -0.25) is 5.92 Å². The first kappa shape index (κ1) is 8.31. The summed E-state index contributed by atoms with van der Waals surface area (Å²) in [6.45, 7) is 0. The zero-order valence-corrected chi connectivity index (χ0v) is 5.26. The summed E-state index contributed by atoms with van der Waals surface area (Å²) in [5.41, 5.74) is 0.576. The third-order valence-electron chi connectivity index (χ3n) is 0.793. The average Bonchev–Trinajstić information content (AvgIpc) is 1.90. The smallest absolute Gasteiger partial charge is 0.364 e. The maximum atomic E-state index is 6.63. The van der Waals surface area contributed by atoms with Crippen LogP contribution in [0.2, 0.25) is 0 Å². The summed E-state index contributed by atoms with van der Waals surface area (Å²) in [4.78, 5) is 3.80. The summed E-state index contributed by atoms with van der Waals surface area (Å²) in [6, 6.07) is 5.36. The Labute approximate surface area is 66.7 Å². The summed E-state index contributed by atoms with van der Waals surface area (Å²) in [6.07, 6.45) is 8.27. The van der Waals surface area contributed by atoms with Crippen molar-refractivity contribution in [3.63, 3.8) is 0 Å². The van der Waals surface area contributed by atoms with Gasteiger partial charge in [-0.2, -0.15) is 0 Å². The quantitative estimate of drug-likeness (QED) is 0.214. The Balaban J connectivity index is 0.000000640. The van der Waals surface area contributed by atoms with E-state index in [9.17, 15) is 0 Å². The van der Waals surface area contributed by atoms with Crippen molar-refractivity contribution < 1.29 is 18.9 Å². The second-order valence-electron chi connectivity index (χ2n) is 1.34. The monoisotopic (exact) mass is 109 g/mol. The molecule has 1 aromatic heterocycles. The molecule has 1 nitrogen and oxygen atoms in total. The van der Waals surface area contributed by atoms with E-state index in [2.05, 4.69) is 10.9 Å². The zero-order valence-electron chi connectivity index (χ0n) is 5.26. The van der Waals surface area contributed by atoms with Gasteiger partial charge in [-0.1, -0.05) is 6.07 Å². The fraction of sp³-hybridized carbons (Fsp3) is 0. The van der Waals surface area contributed by atoms with E-state index in [1.807, 2.05) is 6.07 Å². The fourth-order valence-corrected chi connectivity index (χ4v) is 0.437. The molecule has 0 saturated heterocycles. The summed E-state index contributed by atoms with van der Waals surface area (Å²) in [7, 11) is 0. The second-order valence-corrected chi connectivity index (χ2v) is 1.34. The molecule has 0 spiro atoms. The Morgan fingerprint density at radius 1 is 1.44 bits per heavy atom. The van der Waals surface area contributed by atoms with Gasteiger partial charge in [-0.25, -0.2) is 0 Å². The van der Waals surface area contributed by atoms with Crippen molar-refractivity contribution in [2.45, 2.75) is 0 Å². The van der Waals surface area contributed by atoms with E-state index in [0.717, 1.165) is 0 Å². The van der Waals surface area contributed by atoms with E-state index in [4.69, 9.17) is 6.42 Å². The SMILES string of the molecule is [C-]#Cc1ccccn1.[Li+]. The summed E-state index contributed by atoms with van der Waals surface area (Å²) < 4.78 is 0. The van der Waals surface area contributed by atoms with Gasteiger partial charge in [-0.15, -0.1) is 6.07 Å². The maximum Gasteiger partial charge on any atom is 1.00 e. The second kappa shape index (κ2) is 4.21. The van der Waals surface area contributed by atoms with Crippen molar-refractivity contribution in [3.8, 4) is 5.92 Å². The Hall–Kier alpha value is -0.693. The number of hydrogen-bond acceptors (Lipinski definition) is 1. The Bertz CT molecular complexity index is 200. The van der Waals surface area contributed by atoms with E-state index in [0.29, 0.717) is 5.69 Å². The molecule has 1 heterocycles. The van der Waals surface area contributed by atoms with Gasteiger partial charge in [0.05, 0.1) is 0 Å². The molecule has 0 aliphatic carbocycles. The molecule has 0 aromatic carbocycles. The van der Waals surface area contributed by atoms with E-state index >= 15 is 0 Å². The molecule has 1 aromatic rings. The number of rotatable bonds is 0. The van der Waals surface area contributed by atoms with Gasteiger partial charge < -0.3 is 11.4 Å². The molecule has 0 unspecified atom stereocenters. The van der Waals surface area contributed by atoms with Gasteiger partial charge in [0.2, 0.25) is 0 Å². The number of pyridine rings is 1. The minimum atomic E-state index is 0. The van der Waals surface area contributed by atoms with Crippen LogP contribution in [0.5, 0.6) is 0 Å². The molecule has 9 heavy (non-hydrogen) atoms. The Morgan fingerprint density at radius 2 is 2.22 bits per heavy atom. The minimum Gasteiger partial charge on any atom is -0.364 e. The number of nitrogens with zero attached hydrogens (tertiary/aromatic N) is 1. The molecule has 0 amide bonds. The van der Waals surface area contributed by atoms with Gasteiger partial charge in [-0.05, 0) is 11.8 Å². The molecular formula is C7H4LiN. The minimum absolute atomic E-state index is 0. The van der Waals surface area contributed by atoms with Crippen LogP contribution >= 0.6 is 0 Å². The third kappa shape index (κ3) is 2.38. The molecule has 0 radical (unpaired) electrons. The first-order valence-electron chi connectivity index (χ1n) is 2.27. The molecular weight excluding hydrogens is 105 g/mol. The third-order valence-corrected chi connectivity index (χ3v) is 0.793.